The number of allylic oxidation sites excluding steroid dienone is 1. The van der Waals surface area contributed by atoms with Gasteiger partial charge in [0.1, 0.15) is 11.4 Å². The maximum atomic E-state index is 13.1. The van der Waals surface area contributed by atoms with E-state index in [1.54, 1.807) is 18.3 Å². The number of alkyl halides is 3. The smallest absolute Gasteiger partial charge is 0.416 e. The lowest BCUT2D eigenvalue weighted by Gasteiger charge is -2.15. The van der Waals surface area contributed by atoms with Crippen LogP contribution in [0.1, 0.15) is 11.3 Å². The van der Waals surface area contributed by atoms with Gasteiger partial charge in [-0.2, -0.15) is 18.3 Å². The van der Waals surface area contributed by atoms with E-state index in [2.05, 4.69) is 15.4 Å². The van der Waals surface area contributed by atoms with Crippen LogP contribution in [-0.4, -0.2) is 28.1 Å². The lowest BCUT2D eigenvalue weighted by molar-refractivity contribution is -0.137. The minimum Gasteiger partial charge on any atom is -0.494 e. The Morgan fingerprint density at radius 3 is 2.61 bits per heavy atom. The van der Waals surface area contributed by atoms with Crippen molar-refractivity contribution in [3.63, 3.8) is 0 Å². The van der Waals surface area contributed by atoms with Gasteiger partial charge in [-0.15, -0.1) is 0 Å². The van der Waals surface area contributed by atoms with Crippen LogP contribution in [0.5, 0.6) is 5.75 Å². The standard InChI is InChI=1S/C26H20F3N5O2/c1-36-24-15-17(20-7-2-3-13-31-20)8-9-22(24)34-14-11-23(35)25(33-34)21(10-12-30)32-19-6-4-5-18(16-19)26(27,28)29/h2-16,30,32H,1H3/b21-10-,30-12?. The number of benzene rings is 2. The van der Waals surface area contributed by atoms with Crippen LogP contribution in [0.2, 0.25) is 0 Å². The van der Waals surface area contributed by atoms with Crippen molar-refractivity contribution in [3.05, 3.63) is 107 Å². The summed E-state index contributed by atoms with van der Waals surface area (Å²) in [6.45, 7) is 0. The molecule has 0 aliphatic heterocycles. The third kappa shape index (κ3) is 5.33. The van der Waals surface area contributed by atoms with Gasteiger partial charge < -0.3 is 15.5 Å². The molecule has 2 heterocycles. The minimum absolute atomic E-state index is 0.0627. The number of halogens is 3. The summed E-state index contributed by atoms with van der Waals surface area (Å²) in [6, 6.07) is 16.7. The number of pyridine rings is 1. The summed E-state index contributed by atoms with van der Waals surface area (Å²) in [6.07, 6.45) is 0.765. The van der Waals surface area contributed by atoms with E-state index in [4.69, 9.17) is 10.1 Å². The Labute approximate surface area is 204 Å². The summed E-state index contributed by atoms with van der Waals surface area (Å²) in [5.74, 6) is 0.462. The molecule has 4 aromatic rings. The highest BCUT2D eigenvalue weighted by molar-refractivity contribution is 5.87. The highest BCUT2D eigenvalue weighted by Crippen LogP contribution is 2.32. The summed E-state index contributed by atoms with van der Waals surface area (Å²) in [5.41, 5.74) is 0.812. The number of ether oxygens (including phenoxy) is 1. The molecule has 0 saturated carbocycles. The molecular formula is C26H20F3N5O2. The molecule has 0 amide bonds. The number of nitrogens with zero attached hydrogens (tertiary/aromatic N) is 3. The first kappa shape index (κ1) is 24.4. The van der Waals surface area contributed by atoms with Crippen LogP contribution in [0, 0.1) is 5.41 Å². The van der Waals surface area contributed by atoms with E-state index < -0.39 is 17.2 Å². The van der Waals surface area contributed by atoms with Crippen molar-refractivity contribution in [2.45, 2.75) is 6.18 Å². The van der Waals surface area contributed by atoms with Crippen molar-refractivity contribution in [1.82, 2.24) is 14.8 Å². The van der Waals surface area contributed by atoms with Crippen LogP contribution in [0.4, 0.5) is 18.9 Å². The molecule has 182 valence electrons. The van der Waals surface area contributed by atoms with Crippen molar-refractivity contribution in [1.29, 1.82) is 5.41 Å². The number of aromatic nitrogens is 3. The first-order chi connectivity index (χ1) is 17.3. The van der Waals surface area contributed by atoms with Crippen molar-refractivity contribution in [3.8, 4) is 22.7 Å². The predicted octanol–water partition coefficient (Wildman–Crippen LogP) is 5.42. The van der Waals surface area contributed by atoms with E-state index in [0.29, 0.717) is 11.4 Å². The van der Waals surface area contributed by atoms with Crippen molar-refractivity contribution < 1.29 is 17.9 Å². The molecule has 7 nitrogen and oxygen atoms in total. The molecule has 2 N–H and O–H groups in total. The Bertz CT molecular complexity index is 1480. The van der Waals surface area contributed by atoms with Crippen LogP contribution < -0.4 is 15.5 Å². The Kier molecular flexibility index (Phi) is 6.95. The number of anilines is 1. The van der Waals surface area contributed by atoms with Gasteiger partial charge in [0.05, 0.1) is 24.1 Å². The third-order valence-electron chi connectivity index (χ3n) is 5.17. The highest BCUT2D eigenvalue weighted by Gasteiger charge is 2.30. The van der Waals surface area contributed by atoms with E-state index in [-0.39, 0.29) is 17.1 Å². The summed E-state index contributed by atoms with van der Waals surface area (Å²) < 4.78 is 46.3. The Balaban J connectivity index is 1.74. The van der Waals surface area contributed by atoms with Gasteiger partial charge >= 0.3 is 6.18 Å². The molecule has 0 radical (unpaired) electrons. The monoisotopic (exact) mass is 491 g/mol. The van der Waals surface area contributed by atoms with Gasteiger partial charge in [0.15, 0.2) is 5.69 Å². The molecule has 4 rings (SSSR count). The quantitative estimate of drug-likeness (QED) is 0.337. The topological polar surface area (TPSA) is 92.9 Å². The zero-order valence-electron chi connectivity index (χ0n) is 19.0. The zero-order chi connectivity index (χ0) is 25.7. The van der Waals surface area contributed by atoms with Gasteiger partial charge in [0, 0.05) is 35.9 Å². The maximum Gasteiger partial charge on any atom is 0.416 e. The fourth-order valence-corrected chi connectivity index (χ4v) is 3.48. The molecule has 0 spiro atoms. The number of hydrogen-bond acceptors (Lipinski definition) is 6. The van der Waals surface area contributed by atoms with E-state index in [1.165, 1.54) is 42.3 Å². The van der Waals surface area contributed by atoms with Gasteiger partial charge in [-0.1, -0.05) is 18.2 Å². The summed E-state index contributed by atoms with van der Waals surface area (Å²) >= 11 is 0. The van der Waals surface area contributed by atoms with E-state index in [1.807, 2.05) is 24.3 Å². The number of hydrogen-bond donors (Lipinski definition) is 2. The van der Waals surface area contributed by atoms with Crippen LogP contribution in [0.25, 0.3) is 22.6 Å². The van der Waals surface area contributed by atoms with E-state index in [9.17, 15) is 18.0 Å². The molecule has 0 aliphatic rings. The molecule has 2 aromatic carbocycles. The van der Waals surface area contributed by atoms with Gasteiger partial charge in [0.25, 0.3) is 0 Å². The first-order valence-electron chi connectivity index (χ1n) is 10.7. The van der Waals surface area contributed by atoms with Gasteiger partial charge in [0.2, 0.25) is 5.43 Å². The van der Waals surface area contributed by atoms with Crippen molar-refractivity contribution >= 4 is 17.6 Å². The van der Waals surface area contributed by atoms with Crippen molar-refractivity contribution in [2.24, 2.45) is 0 Å². The van der Waals surface area contributed by atoms with E-state index >= 15 is 0 Å². The number of rotatable bonds is 7. The number of nitrogens with one attached hydrogen (secondary N) is 2. The fourth-order valence-electron chi connectivity index (χ4n) is 3.48. The molecule has 0 bridgehead atoms. The highest BCUT2D eigenvalue weighted by atomic mass is 19.4. The van der Waals surface area contributed by atoms with Crippen LogP contribution >= 0.6 is 0 Å². The molecule has 0 atom stereocenters. The number of methoxy groups -OCH3 is 1. The summed E-state index contributed by atoms with van der Waals surface area (Å²) in [7, 11) is 1.50. The second kappa shape index (κ2) is 10.3. The molecular weight excluding hydrogens is 471 g/mol. The molecule has 0 aliphatic carbocycles. The summed E-state index contributed by atoms with van der Waals surface area (Å²) in [4.78, 5) is 17.0. The Morgan fingerprint density at radius 1 is 1.08 bits per heavy atom. The normalized spacial score (nSPS) is 11.7. The molecule has 36 heavy (non-hydrogen) atoms. The largest absolute Gasteiger partial charge is 0.494 e. The van der Waals surface area contributed by atoms with Crippen LogP contribution in [0.15, 0.2) is 90.0 Å². The molecule has 10 heteroatoms. The van der Waals surface area contributed by atoms with Crippen LogP contribution in [0.3, 0.4) is 0 Å². The third-order valence-corrected chi connectivity index (χ3v) is 5.17. The zero-order valence-corrected chi connectivity index (χ0v) is 19.0. The lowest BCUT2D eigenvalue weighted by Crippen LogP contribution is -2.19. The SMILES string of the molecule is COc1cc(-c2ccccn2)ccc1-n1ccc(=O)c(/C(=C/C=N)Nc2cccc(C(F)(F)F)c2)n1. The Hall–Kier alpha value is -4.73. The maximum absolute atomic E-state index is 13.1. The molecule has 0 saturated heterocycles. The predicted molar refractivity (Wildman–Crippen MR) is 131 cm³/mol. The molecule has 0 fully saturated rings. The van der Waals surface area contributed by atoms with Gasteiger partial charge in [-0.25, -0.2) is 4.68 Å². The molecule has 0 unspecified atom stereocenters. The lowest BCUT2D eigenvalue weighted by atomic mass is 10.1. The van der Waals surface area contributed by atoms with Crippen LogP contribution in [-0.2, 0) is 6.18 Å². The fraction of sp³-hybridized carbons (Fsp3) is 0.0769. The van der Waals surface area contributed by atoms with Crippen molar-refractivity contribution in [2.75, 3.05) is 12.4 Å². The average molecular weight is 491 g/mol. The van der Waals surface area contributed by atoms with Gasteiger partial charge in [-0.05, 0) is 48.5 Å². The van der Waals surface area contributed by atoms with E-state index in [0.717, 1.165) is 29.6 Å². The minimum atomic E-state index is -4.53. The first-order valence-corrected chi connectivity index (χ1v) is 10.7. The second-order valence-corrected chi connectivity index (χ2v) is 7.53. The van der Waals surface area contributed by atoms with Gasteiger partial charge in [-0.3, -0.25) is 9.78 Å². The summed E-state index contributed by atoms with van der Waals surface area (Å²) in [5, 5.41) is 14.6. The Morgan fingerprint density at radius 2 is 1.92 bits per heavy atom. The average Bonchev–Trinajstić information content (AvgIpc) is 2.88. The molecule has 2 aromatic heterocycles. The second-order valence-electron chi connectivity index (χ2n) is 7.53.